The van der Waals surface area contributed by atoms with E-state index >= 15 is 0 Å². The molecule has 0 saturated carbocycles. The molecule has 0 spiro atoms. The smallest absolute Gasteiger partial charge is 0.260 e. The molecule has 1 aromatic rings. The zero-order valence-corrected chi connectivity index (χ0v) is 13.3. The summed E-state index contributed by atoms with van der Waals surface area (Å²) in [7, 11) is 0. The largest absolute Gasteiger partial charge is 0.343 e. The fraction of sp³-hybridized carbons (Fsp3) is 0.500. The van der Waals surface area contributed by atoms with Crippen molar-refractivity contribution < 1.29 is 14.4 Å². The summed E-state index contributed by atoms with van der Waals surface area (Å²) in [6.07, 6.45) is 4.88. The van der Waals surface area contributed by atoms with Crippen LogP contribution in [0.2, 0.25) is 0 Å². The Morgan fingerprint density at radius 2 is 1.70 bits per heavy atom. The van der Waals surface area contributed by atoms with Crippen LogP contribution in [0.15, 0.2) is 24.3 Å². The highest BCUT2D eigenvalue weighted by Gasteiger charge is 2.31. The monoisotopic (exact) mass is 314 g/mol. The summed E-state index contributed by atoms with van der Waals surface area (Å²) in [5.74, 6) is -0.441. The van der Waals surface area contributed by atoms with E-state index in [1.165, 1.54) is 17.7 Å². The summed E-state index contributed by atoms with van der Waals surface area (Å²) in [6.45, 7) is 1.77. The molecule has 122 valence electrons. The SMILES string of the molecule is O=C(CCN1C(=O)Cc2ccccc2C1=O)N1CCCCCC1. The van der Waals surface area contributed by atoms with Crippen molar-refractivity contribution in [3.8, 4) is 0 Å². The number of hydrogen-bond donors (Lipinski definition) is 0. The Balaban J connectivity index is 1.63. The predicted octanol–water partition coefficient (Wildman–Crippen LogP) is 2.00. The molecule has 2 heterocycles. The summed E-state index contributed by atoms with van der Waals surface area (Å²) in [6, 6.07) is 7.18. The maximum absolute atomic E-state index is 12.5. The summed E-state index contributed by atoms with van der Waals surface area (Å²) < 4.78 is 0. The molecule has 5 nitrogen and oxygen atoms in total. The van der Waals surface area contributed by atoms with Gasteiger partial charge < -0.3 is 4.90 Å². The van der Waals surface area contributed by atoms with E-state index < -0.39 is 0 Å². The van der Waals surface area contributed by atoms with Crippen LogP contribution >= 0.6 is 0 Å². The molecule has 1 saturated heterocycles. The predicted molar refractivity (Wildman–Crippen MR) is 85.9 cm³/mol. The van der Waals surface area contributed by atoms with E-state index in [1.54, 1.807) is 12.1 Å². The van der Waals surface area contributed by atoms with Crippen molar-refractivity contribution in [2.75, 3.05) is 19.6 Å². The first-order valence-electron chi connectivity index (χ1n) is 8.37. The first kappa shape index (κ1) is 15.7. The molecule has 1 aromatic carbocycles. The van der Waals surface area contributed by atoms with Gasteiger partial charge in [0, 0.05) is 31.6 Å². The average Bonchev–Trinajstić information content (AvgIpc) is 2.84. The maximum atomic E-state index is 12.5. The number of amides is 3. The molecular formula is C18H22N2O3. The van der Waals surface area contributed by atoms with Crippen molar-refractivity contribution >= 4 is 17.7 Å². The molecular weight excluding hydrogens is 292 g/mol. The average molecular weight is 314 g/mol. The van der Waals surface area contributed by atoms with E-state index in [4.69, 9.17) is 0 Å². The Labute approximate surface area is 136 Å². The second-order valence-corrected chi connectivity index (χ2v) is 6.23. The minimum absolute atomic E-state index is 0.0476. The molecule has 0 bridgehead atoms. The van der Waals surface area contributed by atoms with E-state index in [2.05, 4.69) is 0 Å². The topological polar surface area (TPSA) is 57.7 Å². The summed E-state index contributed by atoms with van der Waals surface area (Å²) >= 11 is 0. The van der Waals surface area contributed by atoms with Crippen molar-refractivity contribution in [2.45, 2.75) is 38.5 Å². The highest BCUT2D eigenvalue weighted by Crippen LogP contribution is 2.20. The second kappa shape index (κ2) is 6.94. The van der Waals surface area contributed by atoms with E-state index in [-0.39, 0.29) is 37.1 Å². The van der Waals surface area contributed by atoms with Crippen LogP contribution in [-0.2, 0) is 16.0 Å². The van der Waals surface area contributed by atoms with Crippen LogP contribution in [0, 0.1) is 0 Å². The molecule has 1 fully saturated rings. The number of likely N-dealkylation sites (tertiary alicyclic amines) is 1. The summed E-state index contributed by atoms with van der Waals surface area (Å²) in [4.78, 5) is 40.1. The zero-order valence-electron chi connectivity index (χ0n) is 13.3. The second-order valence-electron chi connectivity index (χ2n) is 6.23. The van der Waals surface area contributed by atoms with Crippen molar-refractivity contribution in [1.82, 2.24) is 9.80 Å². The quantitative estimate of drug-likeness (QED) is 0.802. The van der Waals surface area contributed by atoms with Gasteiger partial charge in [0.25, 0.3) is 5.91 Å². The van der Waals surface area contributed by atoms with Crippen LogP contribution in [0.3, 0.4) is 0 Å². The standard InChI is InChI=1S/C18H22N2O3/c21-16(19-10-5-1-2-6-11-19)9-12-20-17(22)13-14-7-3-4-8-15(14)18(20)23/h3-4,7-8H,1-2,5-6,9-13H2. The first-order valence-corrected chi connectivity index (χ1v) is 8.37. The van der Waals surface area contributed by atoms with Gasteiger partial charge in [-0.3, -0.25) is 19.3 Å². The molecule has 2 aliphatic rings. The molecule has 0 atom stereocenters. The lowest BCUT2D eigenvalue weighted by Gasteiger charge is -2.27. The molecule has 3 rings (SSSR count). The van der Waals surface area contributed by atoms with E-state index in [1.807, 2.05) is 17.0 Å². The molecule has 0 N–H and O–H groups in total. The number of nitrogens with zero attached hydrogens (tertiary/aromatic N) is 2. The first-order chi connectivity index (χ1) is 11.2. The number of carbonyl (C=O) groups is 3. The number of hydrogen-bond acceptors (Lipinski definition) is 3. The molecule has 2 aliphatic heterocycles. The van der Waals surface area contributed by atoms with Crippen molar-refractivity contribution in [3.63, 3.8) is 0 Å². The van der Waals surface area contributed by atoms with Crippen LogP contribution in [0.4, 0.5) is 0 Å². The third-order valence-electron chi connectivity index (χ3n) is 4.64. The molecule has 0 aromatic heterocycles. The van der Waals surface area contributed by atoms with Gasteiger partial charge in [-0.15, -0.1) is 0 Å². The highest BCUT2D eigenvalue weighted by atomic mass is 16.2. The Morgan fingerprint density at radius 3 is 2.43 bits per heavy atom. The normalized spacial score (nSPS) is 18.6. The molecule has 23 heavy (non-hydrogen) atoms. The number of imide groups is 1. The van der Waals surface area contributed by atoms with Gasteiger partial charge in [-0.25, -0.2) is 0 Å². The third-order valence-corrected chi connectivity index (χ3v) is 4.64. The van der Waals surface area contributed by atoms with Gasteiger partial charge in [-0.2, -0.15) is 0 Å². The minimum Gasteiger partial charge on any atom is -0.343 e. The Morgan fingerprint density at radius 1 is 1.00 bits per heavy atom. The van der Waals surface area contributed by atoms with Crippen molar-refractivity contribution in [1.29, 1.82) is 0 Å². The number of carbonyl (C=O) groups excluding carboxylic acids is 3. The van der Waals surface area contributed by atoms with Gasteiger partial charge >= 0.3 is 0 Å². The third kappa shape index (κ3) is 3.44. The van der Waals surface area contributed by atoms with Crippen molar-refractivity contribution in [2.24, 2.45) is 0 Å². The minimum atomic E-state index is -0.277. The number of fused-ring (bicyclic) bond motifs is 1. The highest BCUT2D eigenvalue weighted by molar-refractivity contribution is 6.09. The Hall–Kier alpha value is -2.17. The fourth-order valence-electron chi connectivity index (χ4n) is 3.31. The zero-order chi connectivity index (χ0) is 16.2. The molecule has 5 heteroatoms. The summed E-state index contributed by atoms with van der Waals surface area (Å²) in [5.41, 5.74) is 1.35. The Kier molecular flexibility index (Phi) is 4.74. The van der Waals surface area contributed by atoms with Gasteiger partial charge in [0.2, 0.25) is 11.8 Å². The lowest BCUT2D eigenvalue weighted by molar-refractivity contribution is -0.132. The lowest BCUT2D eigenvalue weighted by Crippen LogP contribution is -2.44. The van der Waals surface area contributed by atoms with Crippen LogP contribution in [0.25, 0.3) is 0 Å². The van der Waals surface area contributed by atoms with Crippen molar-refractivity contribution in [3.05, 3.63) is 35.4 Å². The van der Waals surface area contributed by atoms with E-state index in [0.29, 0.717) is 5.56 Å². The van der Waals surface area contributed by atoms with E-state index in [0.717, 1.165) is 31.5 Å². The van der Waals surface area contributed by atoms with Gasteiger partial charge in [-0.1, -0.05) is 31.0 Å². The van der Waals surface area contributed by atoms with Crippen LogP contribution in [-0.4, -0.2) is 47.2 Å². The molecule has 3 amide bonds. The van der Waals surface area contributed by atoms with Gasteiger partial charge in [-0.05, 0) is 24.5 Å². The van der Waals surface area contributed by atoms with Gasteiger partial charge in [0.05, 0.1) is 6.42 Å². The van der Waals surface area contributed by atoms with Gasteiger partial charge in [0.1, 0.15) is 0 Å². The Bertz CT molecular complexity index is 618. The maximum Gasteiger partial charge on any atom is 0.260 e. The lowest BCUT2D eigenvalue weighted by atomic mass is 9.98. The number of rotatable bonds is 3. The number of benzene rings is 1. The van der Waals surface area contributed by atoms with Gasteiger partial charge in [0.15, 0.2) is 0 Å². The molecule has 0 aliphatic carbocycles. The van der Waals surface area contributed by atoms with Crippen LogP contribution < -0.4 is 0 Å². The van der Waals surface area contributed by atoms with Crippen LogP contribution in [0.1, 0.15) is 48.0 Å². The summed E-state index contributed by atoms with van der Waals surface area (Å²) in [5, 5.41) is 0. The molecule has 0 radical (unpaired) electrons. The van der Waals surface area contributed by atoms with E-state index in [9.17, 15) is 14.4 Å². The molecule has 0 unspecified atom stereocenters. The fourth-order valence-corrected chi connectivity index (χ4v) is 3.31. The van der Waals surface area contributed by atoms with Crippen LogP contribution in [0.5, 0.6) is 0 Å².